The molecule has 0 aromatic carbocycles. The zero-order valence-electron chi connectivity index (χ0n) is 9.80. The Bertz CT molecular complexity index is 428. The molecule has 1 fully saturated rings. The Morgan fingerprint density at radius 1 is 1.29 bits per heavy atom. The molecule has 2 N–H and O–H groups in total. The van der Waals surface area contributed by atoms with Gasteiger partial charge in [-0.15, -0.1) is 0 Å². The van der Waals surface area contributed by atoms with Crippen LogP contribution in [-0.2, 0) is 11.6 Å². The molecule has 0 unspecified atom stereocenters. The fraction of sp³-hybridized carbons (Fsp3) is 0.583. The summed E-state index contributed by atoms with van der Waals surface area (Å²) in [5, 5.41) is 0. The van der Waals surface area contributed by atoms with Gasteiger partial charge in [0.05, 0.1) is 5.56 Å². The van der Waals surface area contributed by atoms with Gasteiger partial charge in [-0.1, -0.05) is 0 Å². The number of pyridine rings is 1. The van der Waals surface area contributed by atoms with Gasteiger partial charge in [0.15, 0.2) is 0 Å². The lowest BCUT2D eigenvalue weighted by Crippen LogP contribution is -2.46. The Morgan fingerprint density at radius 2 is 1.88 bits per heavy atom. The second kappa shape index (κ2) is 3.45. The molecule has 2 rings (SSSR count). The summed E-state index contributed by atoms with van der Waals surface area (Å²) >= 11 is 0. The smallest absolute Gasteiger partial charge is 0.325 e. The highest BCUT2D eigenvalue weighted by Gasteiger charge is 2.56. The van der Waals surface area contributed by atoms with Gasteiger partial charge in [-0.25, -0.2) is 0 Å². The van der Waals surface area contributed by atoms with Crippen LogP contribution in [0.15, 0.2) is 18.5 Å². The van der Waals surface area contributed by atoms with E-state index in [0.29, 0.717) is 12.8 Å². The zero-order chi connectivity index (χ0) is 12.9. The molecule has 1 aliphatic rings. The number of hydrogen-bond acceptors (Lipinski definition) is 2. The van der Waals surface area contributed by atoms with Gasteiger partial charge < -0.3 is 5.73 Å². The lowest BCUT2D eigenvalue weighted by Gasteiger charge is -2.32. The molecule has 0 atom stereocenters. The Balaban J connectivity index is 2.55. The van der Waals surface area contributed by atoms with Crippen LogP contribution in [0.4, 0.5) is 13.2 Å². The quantitative estimate of drug-likeness (QED) is 0.868. The van der Waals surface area contributed by atoms with Gasteiger partial charge in [0, 0.05) is 23.3 Å². The summed E-state index contributed by atoms with van der Waals surface area (Å²) in [5.74, 6) is 0. The van der Waals surface area contributed by atoms with Crippen molar-refractivity contribution in [2.75, 3.05) is 0 Å². The number of nitrogens with zero attached hydrogens (tertiary/aromatic N) is 1. The van der Waals surface area contributed by atoms with Crippen LogP contribution in [0.1, 0.15) is 37.8 Å². The van der Waals surface area contributed by atoms with E-state index in [4.69, 9.17) is 5.73 Å². The third-order valence-corrected chi connectivity index (χ3v) is 3.63. The molecule has 1 aromatic heterocycles. The molecule has 0 bridgehead atoms. The van der Waals surface area contributed by atoms with Crippen LogP contribution >= 0.6 is 0 Å². The number of nitrogens with two attached hydrogens (primary N) is 1. The molecule has 1 aliphatic carbocycles. The van der Waals surface area contributed by atoms with Crippen molar-refractivity contribution in [1.29, 1.82) is 0 Å². The largest absolute Gasteiger partial charge is 0.418 e. The van der Waals surface area contributed by atoms with Crippen molar-refractivity contribution in [3.8, 4) is 0 Å². The maximum Gasteiger partial charge on any atom is 0.418 e. The Hall–Kier alpha value is -1.10. The molecule has 0 amide bonds. The molecule has 1 heterocycles. The summed E-state index contributed by atoms with van der Waals surface area (Å²) in [5.41, 5.74) is 4.45. The molecule has 94 valence electrons. The van der Waals surface area contributed by atoms with Gasteiger partial charge >= 0.3 is 6.18 Å². The van der Waals surface area contributed by atoms with E-state index in [1.54, 1.807) is 13.8 Å². The summed E-state index contributed by atoms with van der Waals surface area (Å²) in [4.78, 5) is 3.57. The summed E-state index contributed by atoms with van der Waals surface area (Å²) < 4.78 is 38.7. The maximum atomic E-state index is 12.9. The number of rotatable bonds is 2. The summed E-state index contributed by atoms with van der Waals surface area (Å²) in [6.45, 7) is 3.56. The van der Waals surface area contributed by atoms with Crippen molar-refractivity contribution in [2.24, 2.45) is 5.73 Å². The number of halogens is 3. The predicted molar refractivity (Wildman–Crippen MR) is 58.4 cm³/mol. The monoisotopic (exact) mass is 244 g/mol. The topological polar surface area (TPSA) is 38.9 Å². The van der Waals surface area contributed by atoms with Crippen LogP contribution in [0.5, 0.6) is 0 Å². The second-order valence-electron chi connectivity index (χ2n) is 5.22. The van der Waals surface area contributed by atoms with E-state index in [1.807, 2.05) is 0 Å². The maximum absolute atomic E-state index is 12.9. The van der Waals surface area contributed by atoms with Gasteiger partial charge in [-0.2, -0.15) is 13.2 Å². The van der Waals surface area contributed by atoms with Gasteiger partial charge in [-0.3, -0.25) is 4.98 Å². The Labute approximate surface area is 98.0 Å². The van der Waals surface area contributed by atoms with Crippen molar-refractivity contribution >= 4 is 0 Å². The summed E-state index contributed by atoms with van der Waals surface area (Å²) in [6.07, 6.45) is -0.685. The fourth-order valence-electron chi connectivity index (χ4n) is 2.42. The van der Waals surface area contributed by atoms with E-state index in [9.17, 15) is 13.2 Å². The van der Waals surface area contributed by atoms with E-state index in [2.05, 4.69) is 4.98 Å². The third kappa shape index (κ3) is 1.92. The predicted octanol–water partition coefficient (Wildman–Crippen LogP) is 2.87. The van der Waals surface area contributed by atoms with E-state index in [0.717, 1.165) is 6.20 Å². The molecule has 1 saturated carbocycles. The lowest BCUT2D eigenvalue weighted by atomic mass is 9.78. The molecule has 5 heteroatoms. The molecule has 0 saturated heterocycles. The van der Waals surface area contributed by atoms with E-state index in [-0.39, 0.29) is 5.56 Å². The fourth-order valence-corrected chi connectivity index (χ4v) is 2.42. The standard InChI is InChI=1S/C12H15F3N2/c1-10(2,16)11(4-5-11)8-3-6-17-7-9(8)12(13,14)15/h3,6-7H,4-5,16H2,1-2H3. The minimum absolute atomic E-state index is 0.285. The summed E-state index contributed by atoms with van der Waals surface area (Å²) in [6, 6.07) is 1.45. The number of aromatic nitrogens is 1. The first-order chi connectivity index (χ1) is 7.68. The third-order valence-electron chi connectivity index (χ3n) is 3.63. The summed E-state index contributed by atoms with van der Waals surface area (Å²) in [7, 11) is 0. The van der Waals surface area contributed by atoms with Gasteiger partial charge in [0.2, 0.25) is 0 Å². The van der Waals surface area contributed by atoms with Crippen LogP contribution in [-0.4, -0.2) is 10.5 Å². The average molecular weight is 244 g/mol. The normalized spacial score (nSPS) is 19.2. The first-order valence-electron chi connectivity index (χ1n) is 5.49. The van der Waals surface area contributed by atoms with Crippen molar-refractivity contribution in [3.63, 3.8) is 0 Å². The molecular formula is C12H15F3N2. The Kier molecular flexibility index (Phi) is 2.51. The molecule has 0 aliphatic heterocycles. The highest BCUT2D eigenvalue weighted by molar-refractivity contribution is 5.41. The van der Waals surface area contributed by atoms with Gasteiger partial charge in [0.25, 0.3) is 0 Å². The van der Waals surface area contributed by atoms with E-state index >= 15 is 0 Å². The molecular weight excluding hydrogens is 229 g/mol. The minimum atomic E-state index is -4.37. The van der Waals surface area contributed by atoms with Crippen LogP contribution in [0.3, 0.4) is 0 Å². The molecule has 0 radical (unpaired) electrons. The van der Waals surface area contributed by atoms with Crippen molar-refractivity contribution in [1.82, 2.24) is 4.98 Å². The van der Waals surface area contributed by atoms with Crippen molar-refractivity contribution < 1.29 is 13.2 Å². The minimum Gasteiger partial charge on any atom is -0.325 e. The van der Waals surface area contributed by atoms with Crippen molar-refractivity contribution in [3.05, 3.63) is 29.6 Å². The second-order valence-corrected chi connectivity index (χ2v) is 5.22. The molecule has 0 spiro atoms. The highest BCUT2D eigenvalue weighted by atomic mass is 19.4. The van der Waals surface area contributed by atoms with E-state index in [1.165, 1.54) is 12.3 Å². The molecule has 1 aromatic rings. The van der Waals surface area contributed by atoms with E-state index < -0.39 is 22.7 Å². The first kappa shape index (κ1) is 12.4. The molecule has 17 heavy (non-hydrogen) atoms. The van der Waals surface area contributed by atoms with Crippen LogP contribution in [0.2, 0.25) is 0 Å². The van der Waals surface area contributed by atoms with Crippen molar-refractivity contribution in [2.45, 2.75) is 43.8 Å². The first-order valence-corrected chi connectivity index (χ1v) is 5.49. The lowest BCUT2D eigenvalue weighted by molar-refractivity contribution is -0.138. The SMILES string of the molecule is CC(C)(N)C1(c2ccncc2C(F)(F)F)CC1. The number of alkyl halides is 3. The van der Waals surface area contributed by atoms with Gasteiger partial charge in [0.1, 0.15) is 0 Å². The Morgan fingerprint density at radius 3 is 2.29 bits per heavy atom. The average Bonchev–Trinajstić information content (AvgIpc) is 2.95. The highest BCUT2D eigenvalue weighted by Crippen LogP contribution is 2.56. The number of hydrogen-bond donors (Lipinski definition) is 1. The van der Waals surface area contributed by atoms with Crippen LogP contribution in [0, 0.1) is 0 Å². The van der Waals surface area contributed by atoms with Gasteiger partial charge in [-0.05, 0) is 38.3 Å². The zero-order valence-corrected chi connectivity index (χ0v) is 9.80. The van der Waals surface area contributed by atoms with Crippen LogP contribution in [0.25, 0.3) is 0 Å². The van der Waals surface area contributed by atoms with Crippen LogP contribution < -0.4 is 5.73 Å². The molecule has 2 nitrogen and oxygen atoms in total.